The van der Waals surface area contributed by atoms with Gasteiger partial charge in [-0.1, -0.05) is 53.6 Å². The van der Waals surface area contributed by atoms with Gasteiger partial charge in [0, 0.05) is 16.3 Å². The SMILES string of the molecule is COc1cccc(/C=C(\C#N)C(=O)Nc2ccc(C)cc2)c1OCc1cccc(Cl)c1. The molecule has 0 heterocycles. The molecule has 0 aliphatic rings. The van der Waals surface area contributed by atoms with E-state index < -0.39 is 5.91 Å². The number of nitrogens with zero attached hydrogens (tertiary/aromatic N) is 1. The van der Waals surface area contributed by atoms with Gasteiger partial charge in [0.1, 0.15) is 18.2 Å². The first-order chi connectivity index (χ1) is 15.0. The lowest BCUT2D eigenvalue weighted by Gasteiger charge is -2.14. The number of nitrogens with one attached hydrogen (secondary N) is 1. The molecular weight excluding hydrogens is 412 g/mol. The van der Waals surface area contributed by atoms with E-state index >= 15 is 0 Å². The average Bonchev–Trinajstić information content (AvgIpc) is 2.77. The molecule has 1 N–H and O–H groups in total. The molecule has 0 fully saturated rings. The van der Waals surface area contributed by atoms with E-state index in [-0.39, 0.29) is 12.2 Å². The van der Waals surface area contributed by atoms with Crippen LogP contribution in [0.2, 0.25) is 5.02 Å². The van der Waals surface area contributed by atoms with Crippen LogP contribution in [0.15, 0.2) is 72.3 Å². The number of benzene rings is 3. The van der Waals surface area contributed by atoms with Crippen LogP contribution in [0, 0.1) is 18.3 Å². The molecule has 3 aromatic carbocycles. The van der Waals surface area contributed by atoms with Gasteiger partial charge in [0.15, 0.2) is 11.5 Å². The molecule has 0 bridgehead atoms. The Hall–Kier alpha value is -3.75. The van der Waals surface area contributed by atoms with Crippen molar-refractivity contribution in [2.75, 3.05) is 12.4 Å². The quantitative estimate of drug-likeness (QED) is 0.379. The van der Waals surface area contributed by atoms with E-state index in [9.17, 15) is 10.1 Å². The normalized spacial score (nSPS) is 10.8. The van der Waals surface area contributed by atoms with Crippen LogP contribution in [0.3, 0.4) is 0 Å². The maximum absolute atomic E-state index is 12.6. The standard InChI is InChI=1S/C25H21ClN2O3/c1-17-9-11-22(12-10-17)28-25(29)20(15-27)14-19-6-4-8-23(30-2)24(19)31-16-18-5-3-7-21(26)13-18/h3-14H,16H2,1-2H3,(H,28,29)/b20-14+. The van der Waals surface area contributed by atoms with Crippen molar-refractivity contribution in [3.63, 3.8) is 0 Å². The molecule has 6 heteroatoms. The first kappa shape index (κ1) is 21.9. The molecule has 1 amide bonds. The summed E-state index contributed by atoms with van der Waals surface area (Å²) < 4.78 is 11.4. The van der Waals surface area contributed by atoms with Crippen molar-refractivity contribution < 1.29 is 14.3 Å². The third-order valence-electron chi connectivity index (χ3n) is 4.48. The smallest absolute Gasteiger partial charge is 0.266 e. The Morgan fingerprint density at radius 1 is 1.13 bits per heavy atom. The Kier molecular flexibility index (Phi) is 7.31. The Morgan fingerprint density at radius 3 is 2.55 bits per heavy atom. The molecule has 0 spiro atoms. The van der Waals surface area contributed by atoms with Crippen LogP contribution in [0.5, 0.6) is 11.5 Å². The molecule has 3 rings (SSSR count). The van der Waals surface area contributed by atoms with Gasteiger partial charge in [-0.25, -0.2) is 0 Å². The summed E-state index contributed by atoms with van der Waals surface area (Å²) in [7, 11) is 1.53. The van der Waals surface area contributed by atoms with Gasteiger partial charge in [-0.05, 0) is 48.9 Å². The van der Waals surface area contributed by atoms with Gasteiger partial charge in [-0.3, -0.25) is 4.79 Å². The summed E-state index contributed by atoms with van der Waals surface area (Å²) in [4.78, 5) is 12.6. The van der Waals surface area contributed by atoms with Crippen molar-refractivity contribution in [1.29, 1.82) is 5.26 Å². The van der Waals surface area contributed by atoms with Crippen LogP contribution in [0.4, 0.5) is 5.69 Å². The van der Waals surface area contributed by atoms with Gasteiger partial charge < -0.3 is 14.8 Å². The lowest BCUT2D eigenvalue weighted by atomic mass is 10.1. The summed E-state index contributed by atoms with van der Waals surface area (Å²) in [6, 6.07) is 21.9. The number of para-hydroxylation sites is 1. The molecule has 156 valence electrons. The zero-order valence-electron chi connectivity index (χ0n) is 17.2. The summed E-state index contributed by atoms with van der Waals surface area (Å²) in [5.74, 6) is 0.419. The lowest BCUT2D eigenvalue weighted by molar-refractivity contribution is -0.112. The third kappa shape index (κ3) is 5.88. The fraction of sp³-hybridized carbons (Fsp3) is 0.120. The highest BCUT2D eigenvalue weighted by Gasteiger charge is 2.14. The van der Waals surface area contributed by atoms with Gasteiger partial charge in [-0.15, -0.1) is 0 Å². The van der Waals surface area contributed by atoms with E-state index in [0.717, 1.165) is 11.1 Å². The zero-order valence-corrected chi connectivity index (χ0v) is 17.9. The summed E-state index contributed by atoms with van der Waals surface area (Å²) >= 11 is 6.04. The van der Waals surface area contributed by atoms with Gasteiger partial charge in [-0.2, -0.15) is 5.26 Å². The van der Waals surface area contributed by atoms with E-state index in [1.54, 1.807) is 36.4 Å². The van der Waals surface area contributed by atoms with Crippen molar-refractivity contribution in [3.8, 4) is 17.6 Å². The first-order valence-electron chi connectivity index (χ1n) is 9.54. The molecule has 0 unspecified atom stereocenters. The van der Waals surface area contributed by atoms with Gasteiger partial charge in [0.2, 0.25) is 0 Å². The fourth-order valence-corrected chi connectivity index (χ4v) is 3.10. The van der Waals surface area contributed by atoms with Crippen molar-refractivity contribution in [1.82, 2.24) is 0 Å². The summed E-state index contributed by atoms with van der Waals surface area (Å²) in [5.41, 5.74) is 3.07. The van der Waals surface area contributed by atoms with E-state index in [0.29, 0.717) is 27.8 Å². The number of halogens is 1. The van der Waals surface area contributed by atoms with E-state index in [1.807, 2.05) is 43.3 Å². The van der Waals surface area contributed by atoms with E-state index in [2.05, 4.69) is 5.32 Å². The highest BCUT2D eigenvalue weighted by molar-refractivity contribution is 6.30. The molecule has 31 heavy (non-hydrogen) atoms. The molecule has 0 aliphatic carbocycles. The monoisotopic (exact) mass is 432 g/mol. The number of rotatable bonds is 7. The highest BCUT2D eigenvalue weighted by atomic mass is 35.5. The molecule has 5 nitrogen and oxygen atoms in total. The average molecular weight is 433 g/mol. The Labute approximate surface area is 186 Å². The summed E-state index contributed by atoms with van der Waals surface area (Å²) in [6.07, 6.45) is 1.49. The van der Waals surface area contributed by atoms with Crippen molar-refractivity contribution in [2.24, 2.45) is 0 Å². The second-order valence-corrected chi connectivity index (χ2v) is 7.22. The molecule has 0 aliphatic heterocycles. The Morgan fingerprint density at radius 2 is 1.87 bits per heavy atom. The number of amides is 1. The predicted octanol–water partition coefficient (Wildman–Crippen LogP) is 5.78. The Bertz CT molecular complexity index is 1150. The second kappa shape index (κ2) is 10.3. The number of hydrogen-bond acceptors (Lipinski definition) is 4. The van der Waals surface area contributed by atoms with E-state index in [4.69, 9.17) is 21.1 Å². The van der Waals surface area contributed by atoms with Crippen LogP contribution in [-0.4, -0.2) is 13.0 Å². The number of nitriles is 1. The first-order valence-corrected chi connectivity index (χ1v) is 9.92. The number of carbonyl (C=O) groups excluding carboxylic acids is 1. The number of hydrogen-bond donors (Lipinski definition) is 1. The molecule has 0 aromatic heterocycles. The Balaban J connectivity index is 1.87. The zero-order chi connectivity index (χ0) is 22.2. The van der Waals surface area contributed by atoms with Gasteiger partial charge >= 0.3 is 0 Å². The second-order valence-electron chi connectivity index (χ2n) is 6.79. The minimum absolute atomic E-state index is 0.0542. The molecule has 0 saturated carbocycles. The summed E-state index contributed by atoms with van der Waals surface area (Å²) in [5, 5.41) is 12.9. The number of anilines is 1. The maximum Gasteiger partial charge on any atom is 0.266 e. The van der Waals surface area contributed by atoms with Gasteiger partial charge in [0.05, 0.1) is 7.11 Å². The predicted molar refractivity (Wildman–Crippen MR) is 122 cm³/mol. The molecule has 0 saturated heterocycles. The van der Waals surface area contributed by atoms with Crippen LogP contribution < -0.4 is 14.8 Å². The van der Waals surface area contributed by atoms with Crippen LogP contribution in [0.25, 0.3) is 6.08 Å². The lowest BCUT2D eigenvalue weighted by Crippen LogP contribution is -2.13. The topological polar surface area (TPSA) is 71.3 Å². The van der Waals surface area contributed by atoms with Crippen LogP contribution in [0.1, 0.15) is 16.7 Å². The minimum atomic E-state index is -0.505. The number of carbonyl (C=O) groups is 1. The number of ether oxygens (including phenoxy) is 2. The minimum Gasteiger partial charge on any atom is -0.493 e. The van der Waals surface area contributed by atoms with Crippen LogP contribution in [-0.2, 0) is 11.4 Å². The third-order valence-corrected chi connectivity index (χ3v) is 4.71. The van der Waals surface area contributed by atoms with Crippen LogP contribution >= 0.6 is 11.6 Å². The highest BCUT2D eigenvalue weighted by Crippen LogP contribution is 2.33. The number of aryl methyl sites for hydroxylation is 1. The fourth-order valence-electron chi connectivity index (χ4n) is 2.88. The number of methoxy groups -OCH3 is 1. The van der Waals surface area contributed by atoms with E-state index in [1.165, 1.54) is 13.2 Å². The van der Waals surface area contributed by atoms with Crippen molar-refractivity contribution in [2.45, 2.75) is 13.5 Å². The molecule has 3 aromatic rings. The largest absolute Gasteiger partial charge is 0.493 e. The van der Waals surface area contributed by atoms with Crippen molar-refractivity contribution in [3.05, 3.63) is 94.0 Å². The molecule has 0 radical (unpaired) electrons. The maximum atomic E-state index is 12.6. The molecule has 0 atom stereocenters. The van der Waals surface area contributed by atoms with Gasteiger partial charge in [0.25, 0.3) is 5.91 Å². The summed E-state index contributed by atoms with van der Waals surface area (Å²) in [6.45, 7) is 2.21. The molecular formula is C25H21ClN2O3. The van der Waals surface area contributed by atoms with Crippen molar-refractivity contribution >= 4 is 29.3 Å².